The molecule has 10 nitrogen and oxygen atoms in total. The second-order valence-corrected chi connectivity index (χ2v) is 14.6. The number of carbonyl (C=O) groups excluding carboxylic acids is 2. The van der Waals surface area contributed by atoms with Crippen LogP contribution >= 0.6 is 0 Å². The van der Waals surface area contributed by atoms with Gasteiger partial charge in [-0.3, -0.25) is 9.59 Å². The lowest BCUT2D eigenvalue weighted by atomic mass is 9.43. The maximum atomic E-state index is 12.6. The Labute approximate surface area is 262 Å². The molecule has 12 atom stereocenters. The van der Waals surface area contributed by atoms with E-state index in [1.807, 2.05) is 6.08 Å². The van der Waals surface area contributed by atoms with E-state index in [-0.39, 0.29) is 65.6 Å². The lowest BCUT2D eigenvalue weighted by molar-refractivity contribution is -0.207. The highest BCUT2D eigenvalue weighted by Crippen LogP contribution is 2.68. The van der Waals surface area contributed by atoms with Gasteiger partial charge in [-0.05, 0) is 122 Å². The number of azide groups is 1. The highest BCUT2D eigenvalue weighted by atomic mass is 16.3. The summed E-state index contributed by atoms with van der Waals surface area (Å²) in [6.07, 6.45) is 15.5. The van der Waals surface area contributed by atoms with Crippen LogP contribution < -0.4 is 10.6 Å². The quantitative estimate of drug-likeness (QED) is 0.0413. The van der Waals surface area contributed by atoms with Crippen LogP contribution in [0, 0.1) is 58.7 Å². The third kappa shape index (κ3) is 7.12. The molecular weight excluding hydrogens is 558 g/mol. The van der Waals surface area contributed by atoms with Gasteiger partial charge < -0.3 is 26.0 Å². The van der Waals surface area contributed by atoms with Crippen LogP contribution in [0.25, 0.3) is 10.4 Å². The fourth-order valence-electron chi connectivity index (χ4n) is 9.97. The number of aliphatic hydroxyl groups excluding tert-OH is 3. The van der Waals surface area contributed by atoms with Gasteiger partial charge in [-0.2, -0.15) is 0 Å². The van der Waals surface area contributed by atoms with Crippen LogP contribution in [0.4, 0.5) is 0 Å². The summed E-state index contributed by atoms with van der Waals surface area (Å²) in [7, 11) is 0. The number of hydrogen-bond donors (Lipinski definition) is 5. The molecule has 4 rings (SSSR count). The van der Waals surface area contributed by atoms with Gasteiger partial charge in [0.2, 0.25) is 11.8 Å². The molecule has 0 aromatic carbocycles. The summed E-state index contributed by atoms with van der Waals surface area (Å²) < 4.78 is 0. The van der Waals surface area contributed by atoms with Crippen molar-refractivity contribution in [3.63, 3.8) is 0 Å². The van der Waals surface area contributed by atoms with Crippen LogP contribution in [0.3, 0.4) is 0 Å². The van der Waals surface area contributed by atoms with Crippen molar-refractivity contribution >= 4 is 11.8 Å². The third-order valence-electron chi connectivity index (χ3n) is 12.3. The molecule has 10 heteroatoms. The number of hydrogen-bond acceptors (Lipinski definition) is 6. The monoisotopic (exact) mass is 611 g/mol. The van der Waals surface area contributed by atoms with E-state index in [2.05, 4.69) is 47.4 Å². The summed E-state index contributed by atoms with van der Waals surface area (Å²) in [4.78, 5) is 27.4. The fraction of sp³-hybridized carbons (Fsp3) is 0.824. The van der Waals surface area contributed by atoms with Crippen molar-refractivity contribution in [2.45, 2.75) is 122 Å². The zero-order valence-electron chi connectivity index (χ0n) is 26.7. The topological polar surface area (TPSA) is 168 Å². The molecule has 244 valence electrons. The van der Waals surface area contributed by atoms with E-state index >= 15 is 0 Å². The number of nitrogens with one attached hydrogen (secondary N) is 2. The van der Waals surface area contributed by atoms with E-state index in [1.165, 1.54) is 6.08 Å². The van der Waals surface area contributed by atoms with Crippen molar-refractivity contribution in [1.29, 1.82) is 0 Å². The Balaban J connectivity index is 1.33. The van der Waals surface area contributed by atoms with E-state index in [0.717, 1.165) is 51.4 Å². The molecule has 0 spiro atoms. The van der Waals surface area contributed by atoms with Gasteiger partial charge in [0.25, 0.3) is 0 Å². The summed E-state index contributed by atoms with van der Waals surface area (Å²) in [6, 6.07) is 0. The number of allylic oxidation sites excluding steroid dienone is 1. The minimum atomic E-state index is -0.807. The Morgan fingerprint density at radius 2 is 1.91 bits per heavy atom. The molecule has 44 heavy (non-hydrogen) atoms. The lowest BCUT2D eigenvalue weighted by Crippen LogP contribution is -2.62. The number of terminal acetylenes is 1. The number of rotatable bonds is 12. The molecule has 5 N–H and O–H groups in total. The molecule has 0 aromatic heterocycles. The smallest absolute Gasteiger partial charge is 0.245 e. The average Bonchev–Trinajstić information content (AvgIpc) is 3.34. The molecule has 0 saturated heterocycles. The van der Waals surface area contributed by atoms with Gasteiger partial charge in [0, 0.05) is 17.8 Å². The van der Waals surface area contributed by atoms with Crippen molar-refractivity contribution in [2.75, 3.05) is 6.54 Å². The van der Waals surface area contributed by atoms with Crippen LogP contribution in [0.15, 0.2) is 17.3 Å². The molecule has 0 bridgehead atoms. The summed E-state index contributed by atoms with van der Waals surface area (Å²) in [5, 5.41) is 42.5. The molecule has 0 aliphatic heterocycles. The van der Waals surface area contributed by atoms with Gasteiger partial charge >= 0.3 is 0 Å². The van der Waals surface area contributed by atoms with E-state index in [9.17, 15) is 24.9 Å². The van der Waals surface area contributed by atoms with E-state index < -0.39 is 12.3 Å². The molecule has 0 aromatic rings. The number of unbranched alkanes of at least 4 members (excludes halogenated alkanes) is 1. The molecule has 0 radical (unpaired) electrons. The molecule has 4 aliphatic rings. The van der Waals surface area contributed by atoms with Crippen LogP contribution in [-0.2, 0) is 9.59 Å². The number of aliphatic hydroxyl groups is 3. The first kappa shape index (κ1) is 34.3. The van der Waals surface area contributed by atoms with Gasteiger partial charge in [-0.1, -0.05) is 32.0 Å². The zero-order valence-corrected chi connectivity index (χ0v) is 26.7. The van der Waals surface area contributed by atoms with Crippen LogP contribution in [0.2, 0.25) is 0 Å². The Bertz CT molecular complexity index is 1150. The Hall–Kier alpha value is -2.57. The van der Waals surface area contributed by atoms with Crippen molar-refractivity contribution in [3.8, 4) is 12.3 Å². The number of nitrogens with zero attached hydrogens (tertiary/aromatic N) is 3. The molecule has 4 aliphatic carbocycles. The van der Waals surface area contributed by atoms with E-state index in [4.69, 9.17) is 12.0 Å². The minimum Gasteiger partial charge on any atom is -0.393 e. The Morgan fingerprint density at radius 3 is 2.64 bits per heavy atom. The maximum absolute atomic E-state index is 12.6. The maximum Gasteiger partial charge on any atom is 0.245 e. The summed E-state index contributed by atoms with van der Waals surface area (Å²) >= 11 is 0. The first-order valence-corrected chi connectivity index (χ1v) is 16.7. The molecule has 12 unspecified atom stereocenters. The van der Waals surface area contributed by atoms with Gasteiger partial charge in [0.15, 0.2) is 0 Å². The van der Waals surface area contributed by atoms with Crippen LogP contribution in [0.1, 0.15) is 97.8 Å². The van der Waals surface area contributed by atoms with E-state index in [1.54, 1.807) is 0 Å². The highest BCUT2D eigenvalue weighted by Gasteiger charge is 2.65. The minimum absolute atomic E-state index is 0.0608. The van der Waals surface area contributed by atoms with E-state index in [0.29, 0.717) is 37.0 Å². The van der Waals surface area contributed by atoms with Gasteiger partial charge in [-0.25, -0.2) is 0 Å². The average molecular weight is 612 g/mol. The number of fused-ring (bicyclic) bond motifs is 5. The normalized spacial score (nSPS) is 39.1. The Kier molecular flexibility index (Phi) is 11.4. The first-order chi connectivity index (χ1) is 20.9. The summed E-state index contributed by atoms with van der Waals surface area (Å²) in [5.74, 6) is 3.55. The van der Waals surface area contributed by atoms with Gasteiger partial charge in [-0.15, -0.1) is 12.3 Å². The zero-order chi connectivity index (χ0) is 32.1. The predicted octanol–water partition coefficient (Wildman–Crippen LogP) is 4.59. The molecular formula is C34H53N5O5. The predicted molar refractivity (Wildman–Crippen MR) is 168 cm³/mol. The first-order valence-electron chi connectivity index (χ1n) is 16.7. The number of carbonyl (C=O) groups is 2. The largest absolute Gasteiger partial charge is 0.393 e. The van der Waals surface area contributed by atoms with Crippen molar-refractivity contribution < 1.29 is 24.9 Å². The second-order valence-electron chi connectivity index (χ2n) is 14.6. The molecule has 4 saturated carbocycles. The highest BCUT2D eigenvalue weighted by molar-refractivity contribution is 5.88. The van der Waals surface area contributed by atoms with Crippen LogP contribution in [0.5, 0.6) is 0 Å². The third-order valence-corrected chi connectivity index (χ3v) is 12.3. The second kappa shape index (κ2) is 14.7. The number of amides is 2. The summed E-state index contributed by atoms with van der Waals surface area (Å²) in [5.41, 5.74) is 8.48. The molecule has 0 heterocycles. The SMILES string of the molecule is C#CCCCC(=O)NC(CN=[N+]=[N-])NC(=O)C=CCCC(C)C1CCC2C3C(O)CC4CC(O)CCC4(C)C3CC(O)C12C. The molecule has 2 amide bonds. The van der Waals surface area contributed by atoms with Gasteiger partial charge in [0.1, 0.15) is 6.17 Å². The van der Waals surface area contributed by atoms with Crippen LogP contribution in [-0.4, -0.2) is 58.2 Å². The van der Waals surface area contributed by atoms with Crippen molar-refractivity contribution in [2.24, 2.45) is 51.5 Å². The van der Waals surface area contributed by atoms with Crippen molar-refractivity contribution in [3.05, 3.63) is 22.6 Å². The molecule has 4 fully saturated rings. The van der Waals surface area contributed by atoms with Crippen molar-refractivity contribution in [1.82, 2.24) is 10.6 Å². The lowest BCUT2D eigenvalue weighted by Gasteiger charge is -2.63. The fourth-order valence-corrected chi connectivity index (χ4v) is 9.97. The summed E-state index contributed by atoms with van der Waals surface area (Å²) in [6.45, 7) is 6.75. The Morgan fingerprint density at radius 1 is 1.14 bits per heavy atom. The van der Waals surface area contributed by atoms with Gasteiger partial charge in [0.05, 0.1) is 24.9 Å². The standard InChI is InChI=1S/C34H53N5O5/c1-5-6-7-11-30(43)37-29(20-36-39-35)38-31(44)12-9-8-10-21(2)24-13-14-25-32-26(19-28(42)34(24,25)4)33(3)16-15-23(40)17-22(33)18-27(32)41/h1,9,12,21-29,32,40-42H,6-8,10-11,13-20H2,2-4H3,(H,37,43)(H,38,44).